The van der Waals surface area contributed by atoms with Crippen LogP contribution in [0.1, 0.15) is 54.9 Å². The zero-order chi connectivity index (χ0) is 21.8. The quantitative estimate of drug-likeness (QED) is 0.669. The summed E-state index contributed by atoms with van der Waals surface area (Å²) >= 11 is 1.56. The fourth-order valence-corrected chi connectivity index (χ4v) is 6.70. The first kappa shape index (κ1) is 22.2. The van der Waals surface area contributed by atoms with Crippen molar-refractivity contribution in [3.8, 4) is 0 Å². The number of aromatic nitrogens is 1. The summed E-state index contributed by atoms with van der Waals surface area (Å²) in [5, 5.41) is 5.86. The molecule has 4 heterocycles. The number of carbonyl (C=O) groups excluding carboxylic acids is 1. The molecule has 2 aliphatic rings. The standard InChI is InChI=1S/C22H29N3O4S2/c1-17-21(20(29-23-17)9-8-19-7-6-16-30-19)31(27,28)25-14-10-18(11-15-25)22(26)24-12-4-2-3-5-13-24/h6-9,16,18H,2-5,10-15H2,1H3/b9-8+. The van der Waals surface area contributed by atoms with Crippen LogP contribution >= 0.6 is 11.3 Å². The van der Waals surface area contributed by atoms with Gasteiger partial charge >= 0.3 is 0 Å². The van der Waals surface area contributed by atoms with Crippen LogP contribution in [-0.2, 0) is 14.8 Å². The van der Waals surface area contributed by atoms with Crippen molar-refractivity contribution in [2.75, 3.05) is 26.2 Å². The Balaban J connectivity index is 1.45. The van der Waals surface area contributed by atoms with Gasteiger partial charge in [-0.3, -0.25) is 4.79 Å². The summed E-state index contributed by atoms with van der Waals surface area (Å²) in [6, 6.07) is 3.88. The number of hydrogen-bond acceptors (Lipinski definition) is 6. The third-order valence-corrected chi connectivity index (χ3v) is 8.99. The second-order valence-corrected chi connectivity index (χ2v) is 11.1. The molecule has 2 fully saturated rings. The molecule has 0 aliphatic carbocycles. The van der Waals surface area contributed by atoms with Crippen molar-refractivity contribution in [3.63, 3.8) is 0 Å². The van der Waals surface area contributed by atoms with Crippen molar-refractivity contribution in [2.45, 2.75) is 50.3 Å². The summed E-state index contributed by atoms with van der Waals surface area (Å²) in [7, 11) is -3.75. The molecule has 0 bridgehead atoms. The van der Waals surface area contributed by atoms with Crippen LogP contribution in [0.4, 0.5) is 0 Å². The van der Waals surface area contributed by atoms with Gasteiger partial charge in [0.05, 0.1) is 0 Å². The van der Waals surface area contributed by atoms with Gasteiger partial charge in [-0.25, -0.2) is 8.42 Å². The van der Waals surface area contributed by atoms with Crippen molar-refractivity contribution in [1.29, 1.82) is 0 Å². The van der Waals surface area contributed by atoms with E-state index in [0.29, 0.717) is 31.6 Å². The van der Waals surface area contributed by atoms with Gasteiger partial charge < -0.3 is 9.42 Å². The van der Waals surface area contributed by atoms with Gasteiger partial charge in [0.15, 0.2) is 10.7 Å². The van der Waals surface area contributed by atoms with Gasteiger partial charge in [-0.05, 0) is 56.2 Å². The molecular formula is C22H29N3O4S2. The SMILES string of the molecule is Cc1noc(/C=C/c2cccs2)c1S(=O)(=O)N1CCC(C(=O)N2CCCCCC2)CC1. The number of rotatable bonds is 5. The Bertz CT molecular complexity index is 1010. The molecule has 0 atom stereocenters. The first-order chi connectivity index (χ1) is 15.0. The Labute approximate surface area is 187 Å². The topological polar surface area (TPSA) is 83.7 Å². The van der Waals surface area contributed by atoms with E-state index in [9.17, 15) is 13.2 Å². The Morgan fingerprint density at radius 3 is 2.48 bits per heavy atom. The lowest BCUT2D eigenvalue weighted by atomic mass is 9.96. The normalized spacial score (nSPS) is 19.7. The minimum Gasteiger partial charge on any atom is -0.355 e. The van der Waals surface area contributed by atoms with Gasteiger partial charge in [-0.2, -0.15) is 4.31 Å². The minimum absolute atomic E-state index is 0.0914. The van der Waals surface area contributed by atoms with Crippen molar-refractivity contribution >= 4 is 39.4 Å². The number of aryl methyl sites for hydroxylation is 1. The Kier molecular flexibility index (Phi) is 6.93. The largest absolute Gasteiger partial charge is 0.355 e. The maximum atomic E-state index is 13.4. The van der Waals surface area contributed by atoms with Gasteiger partial charge in [0.1, 0.15) is 5.69 Å². The van der Waals surface area contributed by atoms with E-state index in [0.717, 1.165) is 30.8 Å². The second kappa shape index (κ2) is 9.67. The molecule has 31 heavy (non-hydrogen) atoms. The Hall–Kier alpha value is -1.97. The molecular weight excluding hydrogens is 434 g/mol. The first-order valence-electron chi connectivity index (χ1n) is 10.9. The summed E-state index contributed by atoms with van der Waals surface area (Å²) in [4.78, 5) is 16.0. The van der Waals surface area contributed by atoms with Crippen molar-refractivity contribution < 1.29 is 17.7 Å². The average molecular weight is 464 g/mol. The van der Waals surface area contributed by atoms with Gasteiger partial charge in [0, 0.05) is 37.0 Å². The van der Waals surface area contributed by atoms with E-state index in [1.165, 1.54) is 17.1 Å². The van der Waals surface area contributed by atoms with E-state index in [4.69, 9.17) is 4.52 Å². The molecule has 2 saturated heterocycles. The number of sulfonamides is 1. The molecule has 2 aromatic rings. The number of amides is 1. The van der Waals surface area contributed by atoms with E-state index in [1.54, 1.807) is 24.3 Å². The molecule has 0 spiro atoms. The summed E-state index contributed by atoms with van der Waals surface area (Å²) in [6.45, 7) is 3.99. The van der Waals surface area contributed by atoms with Crippen molar-refractivity contribution in [3.05, 3.63) is 33.8 Å². The highest BCUT2D eigenvalue weighted by molar-refractivity contribution is 7.89. The van der Waals surface area contributed by atoms with Crippen LogP contribution in [0.5, 0.6) is 0 Å². The van der Waals surface area contributed by atoms with E-state index < -0.39 is 10.0 Å². The van der Waals surface area contributed by atoms with Crippen LogP contribution < -0.4 is 0 Å². The lowest BCUT2D eigenvalue weighted by Crippen LogP contribution is -2.44. The predicted molar refractivity (Wildman–Crippen MR) is 121 cm³/mol. The highest BCUT2D eigenvalue weighted by Crippen LogP contribution is 2.30. The lowest BCUT2D eigenvalue weighted by molar-refractivity contribution is -0.136. The molecule has 4 rings (SSSR count). The predicted octanol–water partition coefficient (Wildman–Crippen LogP) is 4.02. The molecule has 0 unspecified atom stereocenters. The minimum atomic E-state index is -3.75. The fourth-order valence-electron chi connectivity index (χ4n) is 4.36. The summed E-state index contributed by atoms with van der Waals surface area (Å²) in [5.74, 6) is 0.347. The molecule has 0 saturated carbocycles. The highest BCUT2D eigenvalue weighted by atomic mass is 32.2. The summed E-state index contributed by atoms with van der Waals surface area (Å²) in [6.07, 6.45) is 9.09. The average Bonchev–Trinajstić information content (AvgIpc) is 3.33. The van der Waals surface area contributed by atoms with Crippen LogP contribution in [0.2, 0.25) is 0 Å². The van der Waals surface area contributed by atoms with Crippen LogP contribution in [-0.4, -0.2) is 54.9 Å². The Morgan fingerprint density at radius 2 is 1.84 bits per heavy atom. The summed E-state index contributed by atoms with van der Waals surface area (Å²) in [5.41, 5.74) is 0.355. The molecule has 2 aliphatic heterocycles. The smallest absolute Gasteiger partial charge is 0.248 e. The van der Waals surface area contributed by atoms with Crippen LogP contribution in [0.3, 0.4) is 0 Å². The zero-order valence-electron chi connectivity index (χ0n) is 17.8. The van der Waals surface area contributed by atoms with Crippen LogP contribution in [0.25, 0.3) is 12.2 Å². The maximum Gasteiger partial charge on any atom is 0.248 e. The number of hydrogen-bond donors (Lipinski definition) is 0. The van der Waals surface area contributed by atoms with Gasteiger partial charge in [0.2, 0.25) is 15.9 Å². The summed E-state index contributed by atoms with van der Waals surface area (Å²) < 4.78 is 33.5. The number of likely N-dealkylation sites (tertiary alicyclic amines) is 1. The molecule has 9 heteroatoms. The second-order valence-electron chi connectivity index (χ2n) is 8.23. The third kappa shape index (κ3) is 4.94. The van der Waals surface area contributed by atoms with Gasteiger partial charge in [-0.1, -0.05) is 24.1 Å². The first-order valence-corrected chi connectivity index (χ1v) is 13.3. The highest BCUT2D eigenvalue weighted by Gasteiger charge is 2.36. The Morgan fingerprint density at radius 1 is 1.13 bits per heavy atom. The molecule has 7 nitrogen and oxygen atoms in total. The monoisotopic (exact) mass is 463 g/mol. The van der Waals surface area contributed by atoms with Gasteiger partial charge in [-0.15, -0.1) is 11.3 Å². The van der Waals surface area contributed by atoms with Crippen LogP contribution in [0.15, 0.2) is 26.9 Å². The number of piperidine rings is 1. The molecule has 168 valence electrons. The maximum absolute atomic E-state index is 13.4. The third-order valence-electron chi connectivity index (χ3n) is 6.09. The van der Waals surface area contributed by atoms with Gasteiger partial charge in [0.25, 0.3) is 0 Å². The number of carbonyl (C=O) groups is 1. The molecule has 0 N–H and O–H groups in total. The van der Waals surface area contributed by atoms with E-state index in [2.05, 4.69) is 5.16 Å². The molecule has 0 aromatic carbocycles. The van der Waals surface area contributed by atoms with E-state index >= 15 is 0 Å². The number of thiophene rings is 1. The van der Waals surface area contributed by atoms with Crippen molar-refractivity contribution in [2.24, 2.45) is 5.92 Å². The molecule has 2 aromatic heterocycles. The number of nitrogens with zero attached hydrogens (tertiary/aromatic N) is 3. The molecule has 0 radical (unpaired) electrons. The lowest BCUT2D eigenvalue weighted by Gasteiger charge is -2.33. The van der Waals surface area contributed by atoms with Crippen LogP contribution in [0, 0.1) is 12.8 Å². The van der Waals surface area contributed by atoms with E-state index in [1.807, 2.05) is 28.5 Å². The zero-order valence-corrected chi connectivity index (χ0v) is 19.5. The van der Waals surface area contributed by atoms with E-state index in [-0.39, 0.29) is 22.5 Å². The molecule has 1 amide bonds. The van der Waals surface area contributed by atoms with Crippen molar-refractivity contribution in [1.82, 2.24) is 14.4 Å². The fraction of sp³-hybridized carbons (Fsp3) is 0.545.